The van der Waals surface area contributed by atoms with Crippen molar-refractivity contribution < 1.29 is 35.3 Å². The van der Waals surface area contributed by atoms with Crippen molar-refractivity contribution in [2.24, 2.45) is 0 Å². The Morgan fingerprint density at radius 1 is 0.968 bits per heavy atom. The van der Waals surface area contributed by atoms with Crippen LogP contribution in [0.4, 0.5) is 13.2 Å². The molecule has 1 aromatic rings. The maximum atomic E-state index is 13.7. The lowest BCUT2D eigenvalue weighted by Crippen LogP contribution is -2.49. The minimum atomic E-state index is -5.91. The lowest BCUT2D eigenvalue weighted by molar-refractivity contribution is -0.0500. The van der Waals surface area contributed by atoms with Crippen molar-refractivity contribution >= 4 is 16.0 Å². The molecule has 2 aliphatic rings. The molecule has 1 aromatic carbocycles. The summed E-state index contributed by atoms with van der Waals surface area (Å²) in [6.45, 7) is 0. The summed E-state index contributed by atoms with van der Waals surface area (Å²) in [5.74, 6) is -0.919. The quantitative estimate of drug-likeness (QED) is 0.437. The minimum absolute atomic E-state index is 0.0253. The lowest BCUT2D eigenvalue weighted by Gasteiger charge is -2.42. The van der Waals surface area contributed by atoms with E-state index in [1.165, 1.54) is 19.2 Å². The highest BCUT2D eigenvalue weighted by molar-refractivity contribution is 7.88. The number of halogens is 3. The first-order chi connectivity index (χ1) is 14.6. The number of rotatable bonds is 6. The van der Waals surface area contributed by atoms with Gasteiger partial charge in [-0.3, -0.25) is 4.79 Å². The van der Waals surface area contributed by atoms with Gasteiger partial charge in [0.2, 0.25) is 0 Å². The number of amides is 1. The molecule has 0 unspecified atom stereocenters. The SMILES string of the molecule is COc1ccc(OS(=O)(=O)C(F)(F)F)c(C(=O)N(C2CCCCC2)C2CCCCC2)c1. The number of carbonyl (C=O) groups excluding carboxylic acids is 1. The number of nitrogens with zero attached hydrogens (tertiary/aromatic N) is 1. The van der Waals surface area contributed by atoms with E-state index in [0.717, 1.165) is 70.3 Å². The average Bonchev–Trinajstić information content (AvgIpc) is 2.74. The summed E-state index contributed by atoms with van der Waals surface area (Å²) < 4.78 is 71.5. The molecule has 2 saturated carbocycles. The molecule has 0 atom stereocenters. The normalized spacial score (nSPS) is 19.1. The first-order valence-electron chi connectivity index (χ1n) is 10.7. The zero-order valence-electron chi connectivity index (χ0n) is 17.5. The topological polar surface area (TPSA) is 72.9 Å². The highest BCUT2D eigenvalue weighted by atomic mass is 32.2. The molecule has 0 N–H and O–H groups in total. The molecule has 31 heavy (non-hydrogen) atoms. The Morgan fingerprint density at radius 3 is 1.94 bits per heavy atom. The number of hydrogen-bond acceptors (Lipinski definition) is 5. The molecule has 6 nitrogen and oxygen atoms in total. The van der Waals surface area contributed by atoms with Crippen molar-refractivity contribution in [2.75, 3.05) is 7.11 Å². The van der Waals surface area contributed by atoms with Gasteiger partial charge in [0.25, 0.3) is 5.91 Å². The van der Waals surface area contributed by atoms with Crippen LogP contribution in [-0.4, -0.2) is 43.9 Å². The van der Waals surface area contributed by atoms with Gasteiger partial charge in [0.1, 0.15) is 5.75 Å². The van der Waals surface area contributed by atoms with Gasteiger partial charge in [0.15, 0.2) is 5.75 Å². The fourth-order valence-corrected chi connectivity index (χ4v) is 5.00. The van der Waals surface area contributed by atoms with Crippen LogP contribution in [0, 0.1) is 0 Å². The molecule has 0 aliphatic heterocycles. The smallest absolute Gasteiger partial charge is 0.497 e. The van der Waals surface area contributed by atoms with E-state index in [0.29, 0.717) is 0 Å². The van der Waals surface area contributed by atoms with E-state index >= 15 is 0 Å². The molecule has 174 valence electrons. The number of ether oxygens (including phenoxy) is 1. The Bertz CT molecular complexity index is 857. The molecule has 2 aliphatic carbocycles. The monoisotopic (exact) mass is 463 g/mol. The van der Waals surface area contributed by atoms with Crippen LogP contribution in [0.5, 0.6) is 11.5 Å². The highest BCUT2D eigenvalue weighted by Crippen LogP contribution is 2.36. The predicted molar refractivity (Wildman–Crippen MR) is 109 cm³/mol. The summed E-state index contributed by atoms with van der Waals surface area (Å²) in [6.07, 6.45) is 9.37. The van der Waals surface area contributed by atoms with Gasteiger partial charge >= 0.3 is 15.6 Å². The molecule has 2 fully saturated rings. The van der Waals surface area contributed by atoms with E-state index in [1.54, 1.807) is 4.90 Å². The van der Waals surface area contributed by atoms with Crippen molar-refractivity contribution in [3.63, 3.8) is 0 Å². The summed E-state index contributed by atoms with van der Waals surface area (Å²) in [5.41, 5.74) is -5.83. The first kappa shape index (κ1) is 23.7. The average molecular weight is 464 g/mol. The minimum Gasteiger partial charge on any atom is -0.497 e. The van der Waals surface area contributed by atoms with Crippen LogP contribution in [0.25, 0.3) is 0 Å². The summed E-state index contributed by atoms with van der Waals surface area (Å²) >= 11 is 0. The fraction of sp³-hybridized carbons (Fsp3) is 0.667. The molecule has 0 heterocycles. The van der Waals surface area contributed by atoms with Crippen LogP contribution >= 0.6 is 0 Å². The van der Waals surface area contributed by atoms with Crippen LogP contribution in [0.15, 0.2) is 18.2 Å². The second kappa shape index (κ2) is 9.67. The van der Waals surface area contributed by atoms with E-state index in [2.05, 4.69) is 4.18 Å². The van der Waals surface area contributed by atoms with E-state index in [9.17, 15) is 26.4 Å². The van der Waals surface area contributed by atoms with Gasteiger partial charge in [-0.25, -0.2) is 0 Å². The third-order valence-electron chi connectivity index (χ3n) is 6.07. The third kappa shape index (κ3) is 5.45. The number of carbonyl (C=O) groups is 1. The fourth-order valence-electron chi connectivity index (χ4n) is 4.53. The molecule has 0 bridgehead atoms. The van der Waals surface area contributed by atoms with Crippen LogP contribution in [0.2, 0.25) is 0 Å². The van der Waals surface area contributed by atoms with E-state index in [4.69, 9.17) is 4.74 Å². The molecule has 0 saturated heterocycles. The van der Waals surface area contributed by atoms with Gasteiger partial charge in [-0.1, -0.05) is 38.5 Å². The number of methoxy groups -OCH3 is 1. The van der Waals surface area contributed by atoms with Gasteiger partial charge < -0.3 is 13.8 Å². The van der Waals surface area contributed by atoms with Gasteiger partial charge in [-0.2, -0.15) is 21.6 Å². The van der Waals surface area contributed by atoms with Crippen molar-refractivity contribution in [1.82, 2.24) is 4.90 Å². The largest absolute Gasteiger partial charge is 0.534 e. The first-order valence-corrected chi connectivity index (χ1v) is 12.1. The second-order valence-electron chi connectivity index (χ2n) is 8.14. The van der Waals surface area contributed by atoms with Crippen molar-refractivity contribution in [2.45, 2.75) is 81.8 Å². The molecular formula is C21H28F3NO5S. The van der Waals surface area contributed by atoms with Crippen LogP contribution in [0.3, 0.4) is 0 Å². The number of benzene rings is 1. The molecule has 1 amide bonds. The molecular weight excluding hydrogens is 435 g/mol. The maximum Gasteiger partial charge on any atom is 0.534 e. The van der Waals surface area contributed by atoms with Crippen molar-refractivity contribution in [3.8, 4) is 11.5 Å². The van der Waals surface area contributed by atoms with E-state index in [-0.39, 0.29) is 23.4 Å². The van der Waals surface area contributed by atoms with Gasteiger partial charge in [-0.15, -0.1) is 0 Å². The summed E-state index contributed by atoms with van der Waals surface area (Å²) in [4.78, 5) is 15.5. The Kier molecular flexibility index (Phi) is 7.39. The maximum absolute atomic E-state index is 13.7. The van der Waals surface area contributed by atoms with Crippen LogP contribution in [-0.2, 0) is 10.1 Å². The molecule has 0 aromatic heterocycles. The zero-order chi connectivity index (χ0) is 22.6. The predicted octanol–water partition coefficient (Wildman–Crippen LogP) is 5.03. The molecule has 0 spiro atoms. The lowest BCUT2D eigenvalue weighted by atomic mass is 9.88. The third-order valence-corrected chi connectivity index (χ3v) is 7.04. The zero-order valence-corrected chi connectivity index (χ0v) is 18.3. The Labute approximate surface area is 180 Å². The number of hydrogen-bond donors (Lipinski definition) is 0. The standard InChI is InChI=1S/C21H28F3NO5S/c1-29-17-12-13-19(30-31(27,28)21(22,23)24)18(14-17)20(26)25(15-8-4-2-5-9-15)16-10-6-3-7-11-16/h12-16H,2-11H2,1H3. The Hall–Kier alpha value is -1.97. The van der Waals surface area contributed by atoms with E-state index in [1.807, 2.05) is 0 Å². The van der Waals surface area contributed by atoms with Crippen molar-refractivity contribution in [3.05, 3.63) is 23.8 Å². The Morgan fingerprint density at radius 2 is 1.48 bits per heavy atom. The summed E-state index contributed by atoms with van der Waals surface area (Å²) in [7, 11) is -4.56. The van der Waals surface area contributed by atoms with Crippen molar-refractivity contribution in [1.29, 1.82) is 0 Å². The van der Waals surface area contributed by atoms with Crippen LogP contribution in [0.1, 0.15) is 74.6 Å². The van der Waals surface area contributed by atoms with E-state index < -0.39 is 27.3 Å². The second-order valence-corrected chi connectivity index (χ2v) is 9.68. The highest BCUT2D eigenvalue weighted by Gasteiger charge is 2.49. The summed E-state index contributed by atoms with van der Waals surface area (Å²) in [5, 5.41) is 0. The van der Waals surface area contributed by atoms with Gasteiger partial charge in [0, 0.05) is 12.1 Å². The van der Waals surface area contributed by atoms with Gasteiger partial charge in [-0.05, 0) is 43.9 Å². The number of alkyl halides is 3. The van der Waals surface area contributed by atoms with Gasteiger partial charge in [0.05, 0.1) is 12.7 Å². The molecule has 0 radical (unpaired) electrons. The Balaban J connectivity index is 2.01. The molecule has 3 rings (SSSR count). The molecule has 10 heteroatoms. The summed E-state index contributed by atoms with van der Waals surface area (Å²) in [6, 6.07) is 3.51. The van der Waals surface area contributed by atoms with Crippen LogP contribution < -0.4 is 8.92 Å².